The second kappa shape index (κ2) is 12.6. The van der Waals surface area contributed by atoms with Gasteiger partial charge in [-0.25, -0.2) is 29.5 Å². The van der Waals surface area contributed by atoms with E-state index in [9.17, 15) is 9.59 Å². The number of aromatic nitrogens is 4. The van der Waals surface area contributed by atoms with Crippen LogP contribution in [0, 0.1) is 0 Å². The Bertz CT molecular complexity index is 1430. The number of nitrogens with zero attached hydrogens (tertiary/aromatic N) is 4. The molecule has 2 heterocycles. The first-order valence-electron chi connectivity index (χ1n) is 10.4. The van der Waals surface area contributed by atoms with Crippen molar-refractivity contribution in [3.8, 4) is 34.3 Å². The van der Waals surface area contributed by atoms with Crippen LogP contribution in [0.1, 0.15) is 20.7 Å². The average molecular weight is 543 g/mol. The van der Waals surface area contributed by atoms with Crippen molar-refractivity contribution in [3.63, 3.8) is 0 Å². The zero-order valence-corrected chi connectivity index (χ0v) is 21.3. The number of carbonyl (C=O) groups excluding carboxylic acids is 1. The quantitative estimate of drug-likeness (QED) is 0.328. The molecule has 0 aliphatic heterocycles. The maximum atomic E-state index is 11.7. The van der Waals surface area contributed by atoms with Crippen LogP contribution in [0.4, 0.5) is 0 Å². The summed E-state index contributed by atoms with van der Waals surface area (Å²) in [5.41, 5.74) is 2.49. The number of ether oxygens (including phenoxy) is 3. The van der Waals surface area contributed by atoms with Gasteiger partial charge >= 0.3 is 11.9 Å². The average Bonchev–Trinajstić information content (AvgIpc) is 2.92. The minimum atomic E-state index is -1.04. The van der Waals surface area contributed by atoms with Gasteiger partial charge in [-0.2, -0.15) is 0 Å². The fourth-order valence-corrected chi connectivity index (χ4v) is 3.47. The van der Waals surface area contributed by atoms with Crippen molar-refractivity contribution in [1.29, 1.82) is 0 Å². The number of methoxy groups -OCH3 is 3. The maximum absolute atomic E-state index is 11.7. The van der Waals surface area contributed by atoms with E-state index in [1.165, 1.54) is 46.1 Å². The van der Waals surface area contributed by atoms with Crippen LogP contribution in [-0.4, -0.2) is 58.3 Å². The van der Waals surface area contributed by atoms with Crippen molar-refractivity contribution in [2.24, 2.45) is 0 Å². The summed E-state index contributed by atoms with van der Waals surface area (Å²) in [6.45, 7) is 0. The Balaban J connectivity index is 0.000000206. The molecule has 0 unspecified atom stereocenters. The van der Waals surface area contributed by atoms with Gasteiger partial charge in [-0.15, -0.1) is 0 Å². The van der Waals surface area contributed by atoms with Gasteiger partial charge in [0, 0.05) is 33.3 Å². The zero-order chi connectivity index (χ0) is 26.9. The number of rotatable bonds is 6. The number of aromatic carboxylic acids is 1. The monoisotopic (exact) mass is 542 g/mol. The highest BCUT2D eigenvalue weighted by atomic mass is 35.5. The van der Waals surface area contributed by atoms with Crippen molar-refractivity contribution in [2.45, 2.75) is 0 Å². The molecule has 1 N–H and O–H groups in total. The van der Waals surface area contributed by atoms with Gasteiger partial charge in [-0.3, -0.25) is 0 Å². The second-order valence-electron chi connectivity index (χ2n) is 7.07. The molecule has 0 aliphatic rings. The van der Waals surface area contributed by atoms with Crippen LogP contribution in [0.25, 0.3) is 22.5 Å². The Morgan fingerprint density at radius 1 is 0.703 bits per heavy atom. The number of hydrogen-bond acceptors (Lipinski definition) is 9. The lowest BCUT2D eigenvalue weighted by molar-refractivity contribution is 0.0600. The van der Waals surface area contributed by atoms with Gasteiger partial charge in [-0.1, -0.05) is 23.2 Å². The van der Waals surface area contributed by atoms with Crippen LogP contribution in [0.15, 0.2) is 61.2 Å². The third-order valence-electron chi connectivity index (χ3n) is 4.85. The molecule has 0 saturated carbocycles. The molecule has 4 rings (SSSR count). The Kier molecular flexibility index (Phi) is 9.31. The predicted molar refractivity (Wildman–Crippen MR) is 136 cm³/mol. The lowest BCUT2D eigenvalue weighted by Gasteiger charge is -2.08. The standard InChI is InChI=1S/C13H11ClN2O3.C12H9ClN2O3/c1-18-12-6-11(15-7-16-12)10-5-8(14)3-4-9(10)13(17)19-2;1-18-11-5-10(14-6-15-11)9-4-7(13)2-3-8(9)12(16)17/h3-7H,1-2H3;2-6H,1H3,(H,16,17). The highest BCUT2D eigenvalue weighted by Gasteiger charge is 2.16. The van der Waals surface area contributed by atoms with Crippen molar-refractivity contribution < 1.29 is 28.9 Å². The van der Waals surface area contributed by atoms with E-state index in [1.54, 1.807) is 36.4 Å². The molecule has 0 aliphatic carbocycles. The molecule has 37 heavy (non-hydrogen) atoms. The number of carboxylic acids is 1. The van der Waals surface area contributed by atoms with Crippen LogP contribution in [0.3, 0.4) is 0 Å². The fourth-order valence-electron chi connectivity index (χ4n) is 3.13. The Morgan fingerprint density at radius 2 is 1.16 bits per heavy atom. The number of carbonyl (C=O) groups is 2. The van der Waals surface area contributed by atoms with E-state index < -0.39 is 11.9 Å². The van der Waals surface area contributed by atoms with E-state index >= 15 is 0 Å². The molecule has 0 spiro atoms. The van der Waals surface area contributed by atoms with E-state index in [-0.39, 0.29) is 5.56 Å². The third-order valence-corrected chi connectivity index (χ3v) is 5.32. The van der Waals surface area contributed by atoms with E-state index in [0.717, 1.165) is 0 Å². The third kappa shape index (κ3) is 6.90. The number of esters is 1. The van der Waals surface area contributed by atoms with Crippen LogP contribution in [-0.2, 0) is 4.74 Å². The molecule has 2 aromatic carbocycles. The van der Waals surface area contributed by atoms with Gasteiger partial charge in [0.25, 0.3) is 0 Å². The van der Waals surface area contributed by atoms with Gasteiger partial charge < -0.3 is 19.3 Å². The SMILES string of the molecule is COC(=O)c1ccc(Cl)cc1-c1cc(OC)ncn1.COc1cc(-c2cc(Cl)ccc2C(=O)O)ncn1. The van der Waals surface area contributed by atoms with Crippen molar-refractivity contribution in [1.82, 2.24) is 19.9 Å². The van der Waals surface area contributed by atoms with Gasteiger partial charge in [-0.05, 0) is 36.4 Å². The molecular formula is C25H20Cl2N4O6. The molecule has 4 aromatic rings. The summed E-state index contributed by atoms with van der Waals surface area (Å²) in [6, 6.07) is 12.5. The lowest BCUT2D eigenvalue weighted by Crippen LogP contribution is -2.04. The Hall–Kier alpha value is -4.28. The highest BCUT2D eigenvalue weighted by Crippen LogP contribution is 2.28. The molecule has 190 valence electrons. The van der Waals surface area contributed by atoms with E-state index in [1.807, 2.05) is 0 Å². The summed E-state index contributed by atoms with van der Waals surface area (Å²) in [5, 5.41) is 10.1. The lowest BCUT2D eigenvalue weighted by atomic mass is 10.0. The van der Waals surface area contributed by atoms with Gasteiger partial charge in [0.05, 0.1) is 43.8 Å². The minimum absolute atomic E-state index is 0.125. The molecule has 0 saturated heterocycles. The van der Waals surface area contributed by atoms with Crippen LogP contribution in [0.5, 0.6) is 11.8 Å². The van der Waals surface area contributed by atoms with Crippen LogP contribution < -0.4 is 9.47 Å². The molecule has 0 atom stereocenters. The molecule has 12 heteroatoms. The molecule has 0 radical (unpaired) electrons. The topological polar surface area (TPSA) is 134 Å². The summed E-state index contributed by atoms with van der Waals surface area (Å²) >= 11 is 11.8. The Morgan fingerprint density at radius 3 is 1.59 bits per heavy atom. The summed E-state index contributed by atoms with van der Waals surface area (Å²) in [6.07, 6.45) is 2.66. The fraction of sp³-hybridized carbons (Fsp3) is 0.120. The van der Waals surface area contributed by atoms with Crippen molar-refractivity contribution in [2.75, 3.05) is 21.3 Å². The molecule has 2 aromatic heterocycles. The maximum Gasteiger partial charge on any atom is 0.338 e. The van der Waals surface area contributed by atoms with Gasteiger partial charge in [0.2, 0.25) is 11.8 Å². The summed E-state index contributed by atoms with van der Waals surface area (Å²) < 4.78 is 14.7. The largest absolute Gasteiger partial charge is 0.481 e. The number of carboxylic acid groups (broad SMARTS) is 1. The number of hydrogen-bond donors (Lipinski definition) is 1. The van der Waals surface area contributed by atoms with E-state index in [0.29, 0.717) is 49.9 Å². The summed E-state index contributed by atoms with van der Waals surface area (Å²) in [5.74, 6) is -0.736. The first kappa shape index (κ1) is 27.3. The minimum Gasteiger partial charge on any atom is -0.481 e. The summed E-state index contributed by atoms with van der Waals surface area (Å²) in [4.78, 5) is 38.8. The summed E-state index contributed by atoms with van der Waals surface area (Å²) in [7, 11) is 4.30. The molecule has 0 amide bonds. The van der Waals surface area contributed by atoms with Gasteiger partial charge in [0.15, 0.2) is 0 Å². The van der Waals surface area contributed by atoms with Crippen LogP contribution >= 0.6 is 23.2 Å². The van der Waals surface area contributed by atoms with Crippen molar-refractivity contribution in [3.05, 3.63) is 82.4 Å². The van der Waals surface area contributed by atoms with E-state index in [4.69, 9.17) is 42.5 Å². The molecular weight excluding hydrogens is 523 g/mol. The first-order valence-corrected chi connectivity index (χ1v) is 11.2. The van der Waals surface area contributed by atoms with Gasteiger partial charge in [0.1, 0.15) is 12.7 Å². The molecule has 10 nitrogen and oxygen atoms in total. The number of benzene rings is 2. The van der Waals surface area contributed by atoms with E-state index in [2.05, 4.69) is 19.9 Å². The number of halogens is 2. The molecule has 0 fully saturated rings. The molecule has 0 bridgehead atoms. The first-order chi connectivity index (χ1) is 17.8. The highest BCUT2D eigenvalue weighted by molar-refractivity contribution is 6.31. The Labute approximate surface area is 221 Å². The van der Waals surface area contributed by atoms with Crippen LogP contribution in [0.2, 0.25) is 10.0 Å². The van der Waals surface area contributed by atoms with Crippen molar-refractivity contribution >= 4 is 35.1 Å². The zero-order valence-electron chi connectivity index (χ0n) is 19.8. The smallest absolute Gasteiger partial charge is 0.338 e. The predicted octanol–water partition coefficient (Wildman–Crippen LogP) is 5.10. The normalized spacial score (nSPS) is 10.1. The second-order valence-corrected chi connectivity index (χ2v) is 7.94.